The Kier molecular flexibility index (Phi) is 2.38. The topological polar surface area (TPSA) is 95.6 Å². The maximum absolute atomic E-state index is 10.6. The van der Waals surface area contributed by atoms with E-state index in [0.29, 0.717) is 0 Å². The molecule has 0 aliphatic rings. The van der Waals surface area contributed by atoms with E-state index in [1.807, 2.05) is 0 Å². The van der Waals surface area contributed by atoms with Crippen molar-refractivity contribution < 1.29 is 14.6 Å². The van der Waals surface area contributed by atoms with Gasteiger partial charge < -0.3 is 10.00 Å². The van der Waals surface area contributed by atoms with Crippen LogP contribution in [0.5, 0.6) is 5.75 Å². The first kappa shape index (κ1) is 9.06. The molecule has 0 saturated carbocycles. The molecule has 0 heterocycles. The Morgan fingerprint density at radius 1 is 1.42 bits per heavy atom. The van der Waals surface area contributed by atoms with Crippen molar-refractivity contribution in [3.63, 3.8) is 0 Å². The van der Waals surface area contributed by atoms with E-state index in [-0.39, 0.29) is 11.4 Å². The average Bonchev–Trinajstić information content (AvgIpc) is 1.91. The summed E-state index contributed by atoms with van der Waals surface area (Å²) in [6.45, 7) is 0. The third-order valence-corrected chi connectivity index (χ3v) is 1.75. The van der Waals surface area contributed by atoms with Crippen molar-refractivity contribution in [2.24, 2.45) is 5.50 Å². The van der Waals surface area contributed by atoms with Gasteiger partial charge in [-0.1, -0.05) is 12.1 Å². The summed E-state index contributed by atoms with van der Waals surface area (Å²) < 4.78 is 10.6. The SMILES string of the molecule is NP(=O)(O)Nc1ccccc1O. The third-order valence-electron chi connectivity index (χ3n) is 1.18. The predicted molar refractivity (Wildman–Crippen MR) is 45.7 cm³/mol. The summed E-state index contributed by atoms with van der Waals surface area (Å²) >= 11 is 0. The zero-order valence-electron chi connectivity index (χ0n) is 6.14. The van der Waals surface area contributed by atoms with Crippen molar-refractivity contribution in [1.82, 2.24) is 0 Å². The molecule has 66 valence electrons. The lowest BCUT2D eigenvalue weighted by Crippen LogP contribution is -2.03. The molecule has 0 saturated heterocycles. The lowest BCUT2D eigenvalue weighted by atomic mass is 10.3. The Morgan fingerprint density at radius 3 is 2.50 bits per heavy atom. The van der Waals surface area contributed by atoms with Crippen molar-refractivity contribution in [2.45, 2.75) is 0 Å². The van der Waals surface area contributed by atoms with Gasteiger partial charge in [-0.15, -0.1) is 0 Å². The molecule has 1 aromatic rings. The fourth-order valence-electron chi connectivity index (χ4n) is 0.741. The molecule has 0 spiro atoms. The minimum Gasteiger partial charge on any atom is -0.506 e. The Labute approximate surface area is 69.4 Å². The lowest BCUT2D eigenvalue weighted by Gasteiger charge is -2.09. The molecule has 12 heavy (non-hydrogen) atoms. The number of nitrogens with one attached hydrogen (secondary N) is 1. The second kappa shape index (κ2) is 3.15. The Bertz CT molecular complexity index is 322. The van der Waals surface area contributed by atoms with Gasteiger partial charge in [0.25, 0.3) is 0 Å². The monoisotopic (exact) mass is 188 g/mol. The van der Waals surface area contributed by atoms with E-state index in [4.69, 9.17) is 15.5 Å². The summed E-state index contributed by atoms with van der Waals surface area (Å²) in [6, 6.07) is 6.04. The maximum atomic E-state index is 10.6. The van der Waals surface area contributed by atoms with E-state index in [0.717, 1.165) is 0 Å². The van der Waals surface area contributed by atoms with Crippen molar-refractivity contribution in [1.29, 1.82) is 0 Å². The van der Waals surface area contributed by atoms with Crippen LogP contribution in [-0.2, 0) is 4.57 Å². The van der Waals surface area contributed by atoms with Crippen LogP contribution in [0.25, 0.3) is 0 Å². The third kappa shape index (κ3) is 2.54. The lowest BCUT2D eigenvalue weighted by molar-refractivity contribution is 0.472. The molecule has 0 radical (unpaired) electrons. The summed E-state index contributed by atoms with van der Waals surface area (Å²) in [6.07, 6.45) is 0. The van der Waals surface area contributed by atoms with Gasteiger partial charge in [0.15, 0.2) is 0 Å². The molecule has 1 aromatic carbocycles. The molecule has 0 fully saturated rings. The number of hydrogen-bond donors (Lipinski definition) is 4. The molecule has 0 aromatic heterocycles. The van der Waals surface area contributed by atoms with Gasteiger partial charge in [0.05, 0.1) is 5.69 Å². The molecule has 0 aliphatic heterocycles. The smallest absolute Gasteiger partial charge is 0.360 e. The highest BCUT2D eigenvalue weighted by Crippen LogP contribution is 2.35. The zero-order chi connectivity index (χ0) is 9.19. The van der Waals surface area contributed by atoms with Crippen LogP contribution in [0, 0.1) is 0 Å². The van der Waals surface area contributed by atoms with Crippen molar-refractivity contribution in [2.75, 3.05) is 5.09 Å². The summed E-state index contributed by atoms with van der Waals surface area (Å²) in [4.78, 5) is 8.71. The van der Waals surface area contributed by atoms with E-state index >= 15 is 0 Å². The Hall–Kier alpha value is -1.03. The molecule has 5 nitrogen and oxygen atoms in total. The number of para-hydroxylation sites is 2. The van der Waals surface area contributed by atoms with Crippen molar-refractivity contribution >= 4 is 13.4 Å². The molecule has 5 N–H and O–H groups in total. The van der Waals surface area contributed by atoms with Gasteiger partial charge in [-0.25, -0.2) is 10.1 Å². The fourth-order valence-corrected chi connectivity index (χ4v) is 1.28. The van der Waals surface area contributed by atoms with Gasteiger partial charge in [0.1, 0.15) is 5.75 Å². The predicted octanol–water partition coefficient (Wildman–Crippen LogP) is 0.863. The minimum atomic E-state index is -3.82. The highest BCUT2D eigenvalue weighted by molar-refractivity contribution is 7.57. The molecule has 1 rings (SSSR count). The number of phenols is 1. The molecule has 0 aliphatic carbocycles. The maximum Gasteiger partial charge on any atom is 0.360 e. The van der Waals surface area contributed by atoms with E-state index < -0.39 is 7.67 Å². The second-order valence-electron chi connectivity index (χ2n) is 2.25. The number of nitrogens with two attached hydrogens (primary N) is 1. The van der Waals surface area contributed by atoms with Gasteiger partial charge in [-0.2, -0.15) is 0 Å². The molecule has 0 bridgehead atoms. The second-order valence-corrected chi connectivity index (χ2v) is 3.72. The molecular weight excluding hydrogens is 179 g/mol. The number of phenolic OH excluding ortho intramolecular Hbond substituents is 1. The van der Waals surface area contributed by atoms with Crippen LogP contribution in [0.15, 0.2) is 24.3 Å². The van der Waals surface area contributed by atoms with Crippen LogP contribution in [-0.4, -0.2) is 10.00 Å². The van der Waals surface area contributed by atoms with Gasteiger partial charge >= 0.3 is 7.67 Å². The van der Waals surface area contributed by atoms with E-state index in [1.165, 1.54) is 12.1 Å². The molecular formula is C6H9N2O3P. The highest BCUT2D eigenvalue weighted by Gasteiger charge is 2.11. The van der Waals surface area contributed by atoms with E-state index in [9.17, 15) is 4.57 Å². The fraction of sp³-hybridized carbons (Fsp3) is 0. The molecule has 1 atom stereocenters. The summed E-state index contributed by atoms with van der Waals surface area (Å²) in [7, 11) is -3.82. The highest BCUT2D eigenvalue weighted by atomic mass is 31.2. The first-order valence-electron chi connectivity index (χ1n) is 3.17. The summed E-state index contributed by atoms with van der Waals surface area (Å²) in [5, 5.41) is 11.2. The zero-order valence-corrected chi connectivity index (χ0v) is 7.03. The van der Waals surface area contributed by atoms with Crippen LogP contribution in [0.1, 0.15) is 0 Å². The van der Waals surface area contributed by atoms with E-state index in [2.05, 4.69) is 5.09 Å². The summed E-state index contributed by atoms with van der Waals surface area (Å²) in [5.41, 5.74) is 4.97. The van der Waals surface area contributed by atoms with Crippen LogP contribution < -0.4 is 10.6 Å². The summed E-state index contributed by atoms with van der Waals surface area (Å²) in [5.74, 6) is -0.114. The largest absolute Gasteiger partial charge is 0.506 e. The number of hydrogen-bond acceptors (Lipinski definition) is 2. The van der Waals surface area contributed by atoms with E-state index in [1.54, 1.807) is 12.1 Å². The van der Waals surface area contributed by atoms with Crippen LogP contribution in [0.4, 0.5) is 5.69 Å². The number of rotatable bonds is 2. The number of benzene rings is 1. The molecule has 0 amide bonds. The minimum absolute atomic E-state index is 0.114. The quantitative estimate of drug-likeness (QED) is 0.408. The van der Waals surface area contributed by atoms with Gasteiger partial charge in [-0.3, -0.25) is 5.09 Å². The number of aromatic hydroxyl groups is 1. The Morgan fingerprint density at radius 2 is 2.00 bits per heavy atom. The normalized spacial score (nSPS) is 15.2. The van der Waals surface area contributed by atoms with Gasteiger partial charge in [0, 0.05) is 0 Å². The molecule has 6 heteroatoms. The Balaban J connectivity index is 2.90. The van der Waals surface area contributed by atoms with Crippen LogP contribution >= 0.6 is 7.67 Å². The van der Waals surface area contributed by atoms with Gasteiger partial charge in [0.2, 0.25) is 0 Å². The standard InChI is InChI=1S/C6H9N2O3P/c7-12(10,11)8-5-3-1-2-4-6(5)9/h1-4,9H,(H4,7,8,10,11). The van der Waals surface area contributed by atoms with Crippen LogP contribution in [0.3, 0.4) is 0 Å². The van der Waals surface area contributed by atoms with Crippen molar-refractivity contribution in [3.8, 4) is 5.75 Å². The average molecular weight is 188 g/mol. The number of anilines is 1. The first-order valence-corrected chi connectivity index (χ1v) is 4.89. The van der Waals surface area contributed by atoms with Crippen LogP contribution in [0.2, 0.25) is 0 Å². The molecule has 1 unspecified atom stereocenters. The van der Waals surface area contributed by atoms with Gasteiger partial charge in [-0.05, 0) is 12.1 Å². The first-order chi connectivity index (χ1) is 5.49. The van der Waals surface area contributed by atoms with Crippen molar-refractivity contribution in [3.05, 3.63) is 24.3 Å².